The van der Waals surface area contributed by atoms with E-state index in [-0.39, 0.29) is 16.9 Å². The summed E-state index contributed by atoms with van der Waals surface area (Å²) in [4.78, 5) is 15.5. The molecule has 224 valence electrons. The van der Waals surface area contributed by atoms with Crippen LogP contribution in [0.4, 0.5) is 5.69 Å². The van der Waals surface area contributed by atoms with E-state index in [9.17, 15) is 13.2 Å². The van der Waals surface area contributed by atoms with Crippen LogP contribution in [-0.4, -0.2) is 39.3 Å². The first kappa shape index (κ1) is 30.5. The zero-order valence-corrected chi connectivity index (χ0v) is 26.3. The van der Waals surface area contributed by atoms with Gasteiger partial charge in [0.25, 0.3) is 5.91 Å². The molecule has 1 fully saturated rings. The van der Waals surface area contributed by atoms with Crippen LogP contribution in [0.2, 0.25) is 5.02 Å². The Hall–Kier alpha value is -2.95. The topological polar surface area (TPSA) is 75.7 Å². The smallest absolute Gasteiger partial charge is 0.264 e. The van der Waals surface area contributed by atoms with Crippen molar-refractivity contribution in [2.24, 2.45) is 17.8 Å². The van der Waals surface area contributed by atoms with Crippen LogP contribution in [-0.2, 0) is 21.9 Å². The minimum absolute atomic E-state index is 0.0938. The molecule has 8 heteroatoms. The number of halogens is 1. The Kier molecular flexibility index (Phi) is 8.97. The second-order valence-electron chi connectivity index (χ2n) is 12.3. The van der Waals surface area contributed by atoms with Gasteiger partial charge in [-0.3, -0.25) is 4.79 Å². The monoisotopic (exact) mass is 608 g/mol. The predicted molar refractivity (Wildman–Crippen MR) is 170 cm³/mol. The zero-order chi connectivity index (χ0) is 30.1. The number of sulfonamides is 1. The number of nitrogens with one attached hydrogen (secondary N) is 1. The first-order chi connectivity index (χ1) is 20.1. The molecule has 1 spiro atoms. The number of hydrogen-bond acceptors (Lipinski definition) is 5. The van der Waals surface area contributed by atoms with E-state index in [1.807, 2.05) is 6.07 Å². The Balaban J connectivity index is 1.52. The first-order valence-electron chi connectivity index (χ1n) is 15.1. The molecule has 1 N–H and O–H groups in total. The van der Waals surface area contributed by atoms with E-state index in [4.69, 9.17) is 22.8 Å². The van der Waals surface area contributed by atoms with Crippen LogP contribution >= 0.6 is 11.6 Å². The van der Waals surface area contributed by atoms with Gasteiger partial charge in [-0.25, -0.2) is 13.1 Å². The molecule has 6 nitrogen and oxygen atoms in total. The van der Waals surface area contributed by atoms with Crippen molar-refractivity contribution in [2.75, 3.05) is 24.6 Å². The Morgan fingerprint density at radius 2 is 2.07 bits per heavy atom. The van der Waals surface area contributed by atoms with E-state index in [0.29, 0.717) is 24.2 Å². The van der Waals surface area contributed by atoms with E-state index in [0.717, 1.165) is 62.3 Å². The third-order valence-corrected chi connectivity index (χ3v) is 11.3. The van der Waals surface area contributed by atoms with Crippen molar-refractivity contribution >= 4 is 33.2 Å². The van der Waals surface area contributed by atoms with Crippen LogP contribution in [0.1, 0.15) is 74.4 Å². The van der Waals surface area contributed by atoms with Crippen molar-refractivity contribution in [3.63, 3.8) is 0 Å². The van der Waals surface area contributed by atoms with Gasteiger partial charge < -0.3 is 9.64 Å². The summed E-state index contributed by atoms with van der Waals surface area (Å²) in [5.41, 5.74) is 3.40. The number of carbonyl (C=O) groups excluding carboxylic acids is 1. The van der Waals surface area contributed by atoms with E-state index >= 15 is 0 Å². The molecule has 1 saturated carbocycles. The van der Waals surface area contributed by atoms with Gasteiger partial charge in [-0.1, -0.05) is 42.7 Å². The Bertz CT molecular complexity index is 1510. The van der Waals surface area contributed by atoms with Crippen molar-refractivity contribution in [3.8, 4) is 18.1 Å². The number of benzene rings is 2. The summed E-state index contributed by atoms with van der Waals surface area (Å²) in [6.45, 7) is 7.22. The molecular formula is C34H41ClN2O4S. The van der Waals surface area contributed by atoms with Crippen LogP contribution in [0, 0.1) is 30.1 Å². The fourth-order valence-electron chi connectivity index (χ4n) is 6.74. The molecule has 0 unspecified atom stereocenters. The van der Waals surface area contributed by atoms with E-state index in [1.54, 1.807) is 32.0 Å². The predicted octanol–water partition coefficient (Wildman–Crippen LogP) is 6.52. The molecule has 1 amide bonds. The first-order valence-corrected chi connectivity index (χ1v) is 17.0. The molecule has 2 aromatic rings. The number of terminal acetylenes is 1. The summed E-state index contributed by atoms with van der Waals surface area (Å²) in [5, 5.41) is 0.0218. The van der Waals surface area contributed by atoms with Gasteiger partial charge in [0, 0.05) is 35.0 Å². The van der Waals surface area contributed by atoms with Crippen LogP contribution in [0.15, 0.2) is 48.6 Å². The number of rotatable bonds is 8. The Labute approximate surface area is 255 Å². The largest absolute Gasteiger partial charge is 0.490 e. The van der Waals surface area contributed by atoms with Gasteiger partial charge in [-0.2, -0.15) is 0 Å². The lowest BCUT2D eigenvalue weighted by atomic mass is 9.66. The zero-order valence-electron chi connectivity index (χ0n) is 24.7. The normalized spacial score (nSPS) is 24.2. The molecule has 0 aromatic heterocycles. The van der Waals surface area contributed by atoms with E-state index in [1.165, 1.54) is 11.1 Å². The van der Waals surface area contributed by atoms with Crippen molar-refractivity contribution in [1.29, 1.82) is 0 Å². The van der Waals surface area contributed by atoms with Gasteiger partial charge in [0.1, 0.15) is 5.75 Å². The molecule has 1 aliphatic heterocycles. The molecule has 42 heavy (non-hydrogen) atoms. The molecule has 0 radical (unpaired) electrons. The highest BCUT2D eigenvalue weighted by Crippen LogP contribution is 2.47. The molecule has 0 bridgehead atoms. The lowest BCUT2D eigenvalue weighted by Crippen LogP contribution is -2.49. The summed E-state index contributed by atoms with van der Waals surface area (Å²) >= 11 is 6.40. The van der Waals surface area contributed by atoms with Crippen molar-refractivity contribution in [3.05, 3.63) is 70.3 Å². The lowest BCUT2D eigenvalue weighted by Gasteiger charge is -2.45. The minimum Gasteiger partial charge on any atom is -0.490 e. The SMILES string of the molecule is C#C[C@@H](/C=C/CC)[C@@H]1CC[C@H]1CN1C[C@@]2(CCCc3cc(Cl)ccc32)COc2ccc(C(=O)NS(=O)(=O)C(C)C)cc21. The number of allylic oxidation sites excluding steroid dienone is 2. The molecule has 2 aromatic carbocycles. The van der Waals surface area contributed by atoms with Crippen LogP contribution in [0.25, 0.3) is 0 Å². The van der Waals surface area contributed by atoms with Crippen LogP contribution in [0.3, 0.4) is 0 Å². The average molecular weight is 609 g/mol. The molecule has 5 rings (SSSR count). The summed E-state index contributed by atoms with van der Waals surface area (Å²) in [6.07, 6.45) is 16.4. The third-order valence-electron chi connectivity index (χ3n) is 9.32. The molecule has 3 aliphatic rings. The lowest BCUT2D eigenvalue weighted by molar-refractivity contribution is 0.0981. The highest BCUT2D eigenvalue weighted by Gasteiger charge is 2.44. The number of anilines is 1. The van der Waals surface area contributed by atoms with Crippen molar-refractivity contribution in [1.82, 2.24) is 4.72 Å². The van der Waals surface area contributed by atoms with Crippen molar-refractivity contribution < 1.29 is 17.9 Å². The highest BCUT2D eigenvalue weighted by molar-refractivity contribution is 7.90. The summed E-state index contributed by atoms with van der Waals surface area (Å²) in [5.74, 6) is 3.95. The second kappa shape index (κ2) is 12.3. The number of ether oxygens (including phenoxy) is 1. The fourth-order valence-corrected chi connectivity index (χ4v) is 7.55. The van der Waals surface area contributed by atoms with E-state index in [2.05, 4.69) is 46.8 Å². The number of aryl methyl sites for hydroxylation is 1. The van der Waals surface area contributed by atoms with Gasteiger partial charge in [0.05, 0.1) is 17.5 Å². The number of fused-ring (bicyclic) bond motifs is 3. The summed E-state index contributed by atoms with van der Waals surface area (Å²) in [7, 11) is -3.77. The van der Waals surface area contributed by atoms with Crippen LogP contribution in [0.5, 0.6) is 5.75 Å². The number of nitrogens with zero attached hydrogens (tertiary/aromatic N) is 1. The van der Waals surface area contributed by atoms with Crippen molar-refractivity contribution in [2.45, 2.75) is 70.0 Å². The number of carbonyl (C=O) groups is 1. The maximum Gasteiger partial charge on any atom is 0.264 e. The standard InChI is InChI=1S/C34H41ClN2O4S/c1-5-7-9-24(6-2)29-14-11-27(29)20-37-21-34(17-8-10-25-18-28(35)13-15-30(25)34)22-41-32-16-12-26(19-31(32)37)33(38)36-42(39,40)23(3)4/h2,7,9,12-13,15-16,18-19,23-24,27,29H,5,8,10-11,14,17,20-22H2,1,3-4H3,(H,36,38)/b9-7+/t24-,27-,29-,34-/m0/s1. The second-order valence-corrected chi connectivity index (χ2v) is 15.0. The van der Waals surface area contributed by atoms with Crippen LogP contribution < -0.4 is 14.4 Å². The molecular weight excluding hydrogens is 568 g/mol. The minimum atomic E-state index is -3.77. The molecule has 1 heterocycles. The van der Waals surface area contributed by atoms with E-state index < -0.39 is 21.2 Å². The van der Waals surface area contributed by atoms with Gasteiger partial charge in [0.2, 0.25) is 10.0 Å². The average Bonchev–Trinajstić information content (AvgIpc) is 3.09. The summed E-state index contributed by atoms with van der Waals surface area (Å²) in [6, 6.07) is 11.4. The number of hydrogen-bond donors (Lipinski definition) is 1. The van der Waals surface area contributed by atoms with Gasteiger partial charge in [-0.05, 0) is 106 Å². The molecule has 4 atom stereocenters. The van der Waals surface area contributed by atoms with Gasteiger partial charge >= 0.3 is 0 Å². The number of amides is 1. The highest BCUT2D eigenvalue weighted by atomic mass is 35.5. The van der Waals surface area contributed by atoms with Gasteiger partial charge in [-0.15, -0.1) is 6.42 Å². The molecule has 0 saturated heterocycles. The quantitative estimate of drug-likeness (QED) is 0.273. The maximum atomic E-state index is 13.1. The third kappa shape index (κ3) is 6.07. The Morgan fingerprint density at radius 1 is 1.26 bits per heavy atom. The molecule has 2 aliphatic carbocycles. The Morgan fingerprint density at radius 3 is 2.76 bits per heavy atom. The fraction of sp³-hybridized carbons (Fsp3) is 0.500. The van der Waals surface area contributed by atoms with Gasteiger partial charge in [0.15, 0.2) is 0 Å². The summed E-state index contributed by atoms with van der Waals surface area (Å²) < 4.78 is 33.7. The maximum absolute atomic E-state index is 13.1.